The van der Waals surface area contributed by atoms with Gasteiger partial charge in [-0.15, -0.1) is 0 Å². The van der Waals surface area contributed by atoms with Gasteiger partial charge < -0.3 is 20.3 Å². The molecule has 1 aliphatic heterocycles. The maximum Gasteiger partial charge on any atom is 0.410 e. The molecule has 2 aromatic heterocycles. The Balaban J connectivity index is 1.47. The quantitative estimate of drug-likeness (QED) is 0.764. The Labute approximate surface area is 175 Å². The van der Waals surface area contributed by atoms with Crippen LogP contribution in [0.3, 0.4) is 0 Å². The molecule has 3 rings (SSSR count). The van der Waals surface area contributed by atoms with E-state index >= 15 is 0 Å². The van der Waals surface area contributed by atoms with Crippen LogP contribution in [0, 0.1) is 17.2 Å². The molecule has 30 heavy (non-hydrogen) atoms. The van der Waals surface area contributed by atoms with E-state index in [9.17, 15) is 4.79 Å². The van der Waals surface area contributed by atoms with Crippen molar-refractivity contribution in [2.75, 3.05) is 30.3 Å². The second-order valence-electron chi connectivity index (χ2n) is 8.10. The summed E-state index contributed by atoms with van der Waals surface area (Å²) >= 11 is 0. The minimum Gasteiger partial charge on any atom is -0.444 e. The van der Waals surface area contributed by atoms with Crippen LogP contribution in [-0.2, 0) is 4.74 Å². The van der Waals surface area contributed by atoms with E-state index in [1.807, 2.05) is 26.8 Å². The Morgan fingerprint density at radius 2 is 1.90 bits per heavy atom. The van der Waals surface area contributed by atoms with Crippen molar-refractivity contribution in [3.8, 4) is 6.07 Å². The maximum absolute atomic E-state index is 12.2. The van der Waals surface area contributed by atoms with E-state index in [0.29, 0.717) is 36.5 Å². The Morgan fingerprint density at radius 3 is 2.53 bits per heavy atom. The van der Waals surface area contributed by atoms with Crippen molar-refractivity contribution in [1.82, 2.24) is 24.8 Å². The van der Waals surface area contributed by atoms with Crippen LogP contribution >= 0.6 is 0 Å². The molecule has 3 heterocycles. The minimum absolute atomic E-state index is 0.244. The largest absolute Gasteiger partial charge is 0.444 e. The molecule has 10 heteroatoms. The number of nitrogens with zero attached hydrogens (tertiary/aromatic N) is 6. The van der Waals surface area contributed by atoms with Crippen molar-refractivity contribution in [2.24, 2.45) is 5.92 Å². The van der Waals surface area contributed by atoms with Gasteiger partial charge in [0.05, 0.1) is 12.4 Å². The maximum atomic E-state index is 12.2. The van der Waals surface area contributed by atoms with Gasteiger partial charge in [-0.3, -0.25) is 0 Å². The molecule has 2 N–H and O–H groups in total. The second-order valence-corrected chi connectivity index (χ2v) is 8.10. The normalized spacial score (nSPS) is 14.7. The molecule has 1 saturated heterocycles. The van der Waals surface area contributed by atoms with E-state index in [-0.39, 0.29) is 11.8 Å². The van der Waals surface area contributed by atoms with Gasteiger partial charge in [0.25, 0.3) is 0 Å². The fraction of sp³-hybridized carbons (Fsp3) is 0.500. The molecular formula is C20H26N8O2. The molecule has 0 aliphatic carbocycles. The molecule has 2 aromatic rings. The van der Waals surface area contributed by atoms with E-state index in [2.05, 4.69) is 30.6 Å². The molecule has 0 unspecified atom stereocenters. The summed E-state index contributed by atoms with van der Waals surface area (Å²) in [7, 11) is 0. The highest BCUT2D eigenvalue weighted by Crippen LogP contribution is 2.21. The van der Waals surface area contributed by atoms with E-state index in [0.717, 1.165) is 19.4 Å². The summed E-state index contributed by atoms with van der Waals surface area (Å²) in [6, 6.07) is 3.72. The SMILES string of the molecule is CC(C)(C)OC(=O)N1CCC(CNc2cc(Nc3cnc(C#N)cn3)ncn2)CC1. The van der Waals surface area contributed by atoms with Gasteiger partial charge in [0.2, 0.25) is 0 Å². The average Bonchev–Trinajstić information content (AvgIpc) is 2.72. The standard InChI is InChI=1S/C20H26N8O2/c1-20(2,3)30-19(29)28-6-4-14(5-7-28)10-23-16-8-17(26-13-25-16)27-18-12-22-15(9-21)11-24-18/h8,11-14H,4-7,10H2,1-3H3,(H2,23,24,25,26,27). The molecule has 1 fully saturated rings. The van der Waals surface area contributed by atoms with Crippen LogP contribution in [0.25, 0.3) is 0 Å². The van der Waals surface area contributed by atoms with E-state index < -0.39 is 5.60 Å². The van der Waals surface area contributed by atoms with Gasteiger partial charge in [-0.25, -0.2) is 24.7 Å². The van der Waals surface area contributed by atoms with Crippen LogP contribution in [0.4, 0.5) is 22.2 Å². The van der Waals surface area contributed by atoms with Crippen LogP contribution < -0.4 is 10.6 Å². The second kappa shape index (κ2) is 9.35. The molecule has 1 amide bonds. The Hall–Kier alpha value is -3.48. The van der Waals surface area contributed by atoms with Crippen molar-refractivity contribution >= 4 is 23.5 Å². The number of carbonyl (C=O) groups is 1. The van der Waals surface area contributed by atoms with Crippen molar-refractivity contribution in [1.29, 1.82) is 5.26 Å². The number of nitrogens with one attached hydrogen (secondary N) is 2. The third-order valence-electron chi connectivity index (χ3n) is 4.53. The van der Waals surface area contributed by atoms with Gasteiger partial charge >= 0.3 is 6.09 Å². The zero-order valence-electron chi connectivity index (χ0n) is 17.4. The molecule has 0 aromatic carbocycles. The first-order valence-electron chi connectivity index (χ1n) is 9.85. The number of likely N-dealkylation sites (tertiary alicyclic amines) is 1. The predicted molar refractivity (Wildman–Crippen MR) is 111 cm³/mol. The molecular weight excluding hydrogens is 384 g/mol. The smallest absolute Gasteiger partial charge is 0.410 e. The lowest BCUT2D eigenvalue weighted by molar-refractivity contribution is 0.0188. The Morgan fingerprint density at radius 1 is 1.17 bits per heavy atom. The number of nitriles is 1. The molecule has 0 radical (unpaired) electrons. The lowest BCUT2D eigenvalue weighted by Gasteiger charge is -2.33. The zero-order chi connectivity index (χ0) is 21.6. The molecule has 0 saturated carbocycles. The number of anilines is 3. The van der Waals surface area contributed by atoms with Gasteiger partial charge in [0.15, 0.2) is 5.69 Å². The summed E-state index contributed by atoms with van der Waals surface area (Å²) in [4.78, 5) is 30.4. The summed E-state index contributed by atoms with van der Waals surface area (Å²) in [5.74, 6) is 2.21. The van der Waals surface area contributed by atoms with Crippen LogP contribution in [0.15, 0.2) is 24.8 Å². The highest BCUT2D eigenvalue weighted by molar-refractivity contribution is 5.68. The summed E-state index contributed by atoms with van der Waals surface area (Å²) < 4.78 is 5.44. The van der Waals surface area contributed by atoms with E-state index in [4.69, 9.17) is 10.00 Å². The molecule has 158 valence electrons. The zero-order valence-corrected chi connectivity index (χ0v) is 17.4. The van der Waals surface area contributed by atoms with Crippen molar-refractivity contribution in [3.63, 3.8) is 0 Å². The molecule has 0 spiro atoms. The first-order chi connectivity index (χ1) is 14.3. The molecule has 0 atom stereocenters. The summed E-state index contributed by atoms with van der Waals surface area (Å²) in [5.41, 5.74) is -0.222. The Kier molecular flexibility index (Phi) is 6.61. The summed E-state index contributed by atoms with van der Waals surface area (Å²) in [6.45, 7) is 7.76. The fourth-order valence-electron chi connectivity index (χ4n) is 3.00. The number of aromatic nitrogens is 4. The number of carbonyl (C=O) groups excluding carboxylic acids is 1. The van der Waals surface area contributed by atoms with Gasteiger partial charge in [-0.2, -0.15) is 5.26 Å². The van der Waals surface area contributed by atoms with Crippen LogP contribution in [0.1, 0.15) is 39.3 Å². The highest BCUT2D eigenvalue weighted by Gasteiger charge is 2.26. The van der Waals surface area contributed by atoms with Gasteiger partial charge in [0, 0.05) is 25.7 Å². The van der Waals surface area contributed by atoms with Crippen molar-refractivity contribution in [2.45, 2.75) is 39.2 Å². The van der Waals surface area contributed by atoms with Crippen LogP contribution in [0.2, 0.25) is 0 Å². The molecule has 0 bridgehead atoms. The van der Waals surface area contributed by atoms with Crippen LogP contribution in [0.5, 0.6) is 0 Å². The molecule has 1 aliphatic rings. The third kappa shape index (κ3) is 6.27. The van der Waals surface area contributed by atoms with E-state index in [1.165, 1.54) is 18.7 Å². The van der Waals surface area contributed by atoms with Crippen LogP contribution in [-0.4, -0.2) is 56.2 Å². The minimum atomic E-state index is -0.475. The van der Waals surface area contributed by atoms with E-state index in [1.54, 1.807) is 11.0 Å². The number of ether oxygens (including phenoxy) is 1. The van der Waals surface area contributed by atoms with Crippen molar-refractivity contribution in [3.05, 3.63) is 30.5 Å². The lowest BCUT2D eigenvalue weighted by atomic mass is 9.97. The number of amides is 1. The molecule has 10 nitrogen and oxygen atoms in total. The highest BCUT2D eigenvalue weighted by atomic mass is 16.6. The summed E-state index contributed by atoms with van der Waals surface area (Å²) in [6.07, 6.45) is 5.91. The number of hydrogen-bond acceptors (Lipinski definition) is 9. The fourth-order valence-corrected chi connectivity index (χ4v) is 3.00. The predicted octanol–water partition coefficient (Wildman–Crippen LogP) is 2.94. The average molecular weight is 410 g/mol. The van der Waals surface area contributed by atoms with Crippen molar-refractivity contribution < 1.29 is 9.53 Å². The first-order valence-corrected chi connectivity index (χ1v) is 9.85. The van der Waals surface area contributed by atoms with Gasteiger partial charge in [-0.05, 0) is 39.5 Å². The number of hydrogen-bond donors (Lipinski definition) is 2. The first kappa shape index (κ1) is 21.2. The number of piperidine rings is 1. The summed E-state index contributed by atoms with van der Waals surface area (Å²) in [5, 5.41) is 15.2. The van der Waals surface area contributed by atoms with Gasteiger partial charge in [0.1, 0.15) is 35.5 Å². The monoisotopic (exact) mass is 410 g/mol. The third-order valence-corrected chi connectivity index (χ3v) is 4.53. The number of rotatable bonds is 5. The Bertz CT molecular complexity index is 896. The lowest BCUT2D eigenvalue weighted by Crippen LogP contribution is -2.42. The topological polar surface area (TPSA) is 129 Å². The van der Waals surface area contributed by atoms with Gasteiger partial charge in [-0.1, -0.05) is 0 Å².